The normalized spacial score (nSPS) is 27.1. The van der Waals surface area contributed by atoms with Crippen molar-refractivity contribution >= 4 is 6.16 Å². The molecule has 0 spiro atoms. The molecule has 0 aliphatic carbocycles. The Bertz CT molecular complexity index is 100. The van der Waals surface area contributed by atoms with E-state index in [1.165, 1.54) is 7.11 Å². The second kappa shape index (κ2) is 2.00. The molecule has 4 heteroatoms. The molecule has 0 amide bonds. The largest absolute Gasteiger partial charge is 0.510 e. The molecule has 1 fully saturated rings. The van der Waals surface area contributed by atoms with Crippen LogP contribution in [0.2, 0.25) is 0 Å². The summed E-state index contributed by atoms with van der Waals surface area (Å²) in [5.74, 6) is 0. The number of carbonyl (C=O) groups excluding carboxylic acids is 1. The van der Waals surface area contributed by atoms with Crippen LogP contribution in [0.5, 0.6) is 0 Å². The lowest BCUT2D eigenvalue weighted by Crippen LogP contribution is -2.11. The summed E-state index contributed by atoms with van der Waals surface area (Å²) in [7, 11) is 1.45. The molecule has 1 aliphatic rings. The minimum atomic E-state index is -0.656. The molecule has 46 valence electrons. The molecule has 0 aromatic carbocycles. The van der Waals surface area contributed by atoms with Gasteiger partial charge in [0.05, 0.1) is 0 Å². The van der Waals surface area contributed by atoms with Gasteiger partial charge < -0.3 is 14.2 Å². The minimum absolute atomic E-state index is 0.204. The van der Waals surface area contributed by atoms with Gasteiger partial charge in [-0.1, -0.05) is 0 Å². The van der Waals surface area contributed by atoms with E-state index in [1.807, 2.05) is 0 Å². The predicted octanol–water partition coefficient (Wildman–Crippen LogP) is 0.126. The Labute approximate surface area is 46.3 Å². The van der Waals surface area contributed by atoms with E-state index in [0.717, 1.165) is 0 Å². The van der Waals surface area contributed by atoms with Gasteiger partial charge in [0.25, 0.3) is 0 Å². The van der Waals surface area contributed by atoms with Gasteiger partial charge >= 0.3 is 6.16 Å². The number of cyclic esters (lactones) is 2. The monoisotopic (exact) mass is 118 g/mol. The quantitative estimate of drug-likeness (QED) is 0.459. The van der Waals surface area contributed by atoms with Crippen molar-refractivity contribution in [1.29, 1.82) is 0 Å². The zero-order valence-electron chi connectivity index (χ0n) is 4.42. The molecule has 1 heterocycles. The van der Waals surface area contributed by atoms with E-state index in [4.69, 9.17) is 0 Å². The predicted molar refractivity (Wildman–Crippen MR) is 23.2 cm³/mol. The molecule has 0 N–H and O–H groups in total. The zero-order valence-corrected chi connectivity index (χ0v) is 4.42. The number of ether oxygens (including phenoxy) is 3. The smallest absolute Gasteiger partial charge is 0.428 e. The molecule has 0 aromatic rings. The second-order valence-corrected chi connectivity index (χ2v) is 1.34. The van der Waals surface area contributed by atoms with Gasteiger partial charge in [0.15, 0.2) is 6.61 Å². The SMILES string of the molecule is CO[C@H]1COC(=O)O1. The second-order valence-electron chi connectivity index (χ2n) is 1.34. The molecular weight excluding hydrogens is 112 g/mol. The van der Waals surface area contributed by atoms with Gasteiger partial charge in [-0.3, -0.25) is 0 Å². The first-order chi connectivity index (χ1) is 3.83. The molecule has 1 atom stereocenters. The lowest BCUT2D eigenvalue weighted by Gasteiger charge is -1.99. The first-order valence-electron chi connectivity index (χ1n) is 2.19. The summed E-state index contributed by atoms with van der Waals surface area (Å²) in [4.78, 5) is 10.1. The van der Waals surface area contributed by atoms with E-state index in [1.54, 1.807) is 0 Å². The van der Waals surface area contributed by atoms with Crippen LogP contribution in [0.3, 0.4) is 0 Å². The van der Waals surface area contributed by atoms with Crippen LogP contribution in [0.1, 0.15) is 0 Å². The number of hydrogen-bond acceptors (Lipinski definition) is 4. The summed E-state index contributed by atoms with van der Waals surface area (Å²) in [5.41, 5.74) is 0. The first kappa shape index (κ1) is 5.37. The highest BCUT2D eigenvalue weighted by atomic mass is 16.8. The van der Waals surface area contributed by atoms with E-state index >= 15 is 0 Å². The van der Waals surface area contributed by atoms with Crippen LogP contribution < -0.4 is 0 Å². The van der Waals surface area contributed by atoms with E-state index in [9.17, 15) is 4.79 Å². The van der Waals surface area contributed by atoms with Crippen molar-refractivity contribution in [2.75, 3.05) is 13.7 Å². The molecular formula is C4H6O4. The average molecular weight is 118 g/mol. The van der Waals surface area contributed by atoms with Gasteiger partial charge in [0, 0.05) is 7.11 Å². The Morgan fingerprint density at radius 2 is 2.62 bits per heavy atom. The van der Waals surface area contributed by atoms with Crippen molar-refractivity contribution in [2.24, 2.45) is 0 Å². The Kier molecular flexibility index (Phi) is 1.34. The Balaban J connectivity index is 2.32. The summed E-state index contributed by atoms with van der Waals surface area (Å²) in [6.07, 6.45) is -1.15. The average Bonchev–Trinajstić information content (AvgIpc) is 2.14. The molecule has 8 heavy (non-hydrogen) atoms. The van der Waals surface area contributed by atoms with Gasteiger partial charge in [-0.15, -0.1) is 0 Å². The van der Waals surface area contributed by atoms with Crippen LogP contribution in [0.15, 0.2) is 0 Å². The van der Waals surface area contributed by atoms with Crippen LogP contribution in [-0.4, -0.2) is 26.2 Å². The molecule has 0 unspecified atom stereocenters. The molecule has 1 saturated heterocycles. The number of methoxy groups -OCH3 is 1. The Hall–Kier alpha value is -0.770. The number of hydrogen-bond donors (Lipinski definition) is 0. The standard InChI is InChI=1S/C4H6O4/c1-6-3-2-7-4(5)8-3/h3H,2H2,1H3/t3-/m1/s1. The first-order valence-corrected chi connectivity index (χ1v) is 2.19. The third-order valence-corrected chi connectivity index (χ3v) is 0.828. The van der Waals surface area contributed by atoms with Crippen LogP contribution in [0.25, 0.3) is 0 Å². The Morgan fingerprint density at radius 1 is 1.88 bits per heavy atom. The fourth-order valence-electron chi connectivity index (χ4n) is 0.428. The lowest BCUT2D eigenvalue weighted by molar-refractivity contribution is -0.0506. The van der Waals surface area contributed by atoms with E-state index in [0.29, 0.717) is 0 Å². The summed E-state index contributed by atoms with van der Waals surface area (Å²) in [6.45, 7) is 0.204. The van der Waals surface area contributed by atoms with Crippen molar-refractivity contribution < 1.29 is 19.0 Å². The Morgan fingerprint density at radius 3 is 2.88 bits per heavy atom. The molecule has 0 bridgehead atoms. The van der Waals surface area contributed by atoms with Crippen LogP contribution in [-0.2, 0) is 14.2 Å². The summed E-state index contributed by atoms with van der Waals surface area (Å²) >= 11 is 0. The maximum Gasteiger partial charge on any atom is 0.510 e. The third kappa shape index (κ3) is 0.894. The van der Waals surface area contributed by atoms with Crippen molar-refractivity contribution in [3.05, 3.63) is 0 Å². The maximum atomic E-state index is 10.1. The highest BCUT2D eigenvalue weighted by molar-refractivity contribution is 5.61. The van der Waals surface area contributed by atoms with Crippen molar-refractivity contribution in [2.45, 2.75) is 6.29 Å². The lowest BCUT2D eigenvalue weighted by atomic mass is 10.7. The van der Waals surface area contributed by atoms with Crippen molar-refractivity contribution in [1.82, 2.24) is 0 Å². The van der Waals surface area contributed by atoms with Gasteiger partial charge in [-0.05, 0) is 0 Å². The summed E-state index contributed by atoms with van der Waals surface area (Å²) < 4.78 is 13.4. The highest BCUT2D eigenvalue weighted by Gasteiger charge is 2.23. The van der Waals surface area contributed by atoms with E-state index in [-0.39, 0.29) is 6.61 Å². The van der Waals surface area contributed by atoms with Crippen molar-refractivity contribution in [3.8, 4) is 0 Å². The summed E-state index contributed by atoms with van der Waals surface area (Å²) in [5, 5.41) is 0. The highest BCUT2D eigenvalue weighted by Crippen LogP contribution is 2.04. The molecule has 4 nitrogen and oxygen atoms in total. The third-order valence-electron chi connectivity index (χ3n) is 0.828. The molecule has 0 saturated carbocycles. The molecule has 1 aliphatic heterocycles. The van der Waals surface area contributed by atoms with Gasteiger partial charge in [0.2, 0.25) is 6.29 Å². The topological polar surface area (TPSA) is 44.8 Å². The number of carbonyl (C=O) groups is 1. The van der Waals surface area contributed by atoms with Gasteiger partial charge in [-0.25, -0.2) is 4.79 Å². The van der Waals surface area contributed by atoms with Crippen LogP contribution in [0, 0.1) is 0 Å². The molecule has 0 aromatic heterocycles. The van der Waals surface area contributed by atoms with Crippen LogP contribution in [0.4, 0.5) is 4.79 Å². The van der Waals surface area contributed by atoms with E-state index in [2.05, 4.69) is 14.2 Å². The molecule has 0 radical (unpaired) electrons. The minimum Gasteiger partial charge on any atom is -0.428 e. The zero-order chi connectivity index (χ0) is 5.98. The summed E-state index contributed by atoms with van der Waals surface area (Å²) in [6, 6.07) is 0. The van der Waals surface area contributed by atoms with Crippen LogP contribution >= 0.6 is 0 Å². The maximum absolute atomic E-state index is 10.1. The fraction of sp³-hybridized carbons (Fsp3) is 0.750. The van der Waals surface area contributed by atoms with Gasteiger partial charge in [-0.2, -0.15) is 0 Å². The van der Waals surface area contributed by atoms with E-state index < -0.39 is 12.4 Å². The van der Waals surface area contributed by atoms with Gasteiger partial charge in [0.1, 0.15) is 0 Å². The molecule has 1 rings (SSSR count). The number of rotatable bonds is 1. The fourth-order valence-corrected chi connectivity index (χ4v) is 0.428. The van der Waals surface area contributed by atoms with Crippen molar-refractivity contribution in [3.63, 3.8) is 0 Å².